The summed E-state index contributed by atoms with van der Waals surface area (Å²) in [7, 11) is 0. The minimum absolute atomic E-state index is 0.293. The topological polar surface area (TPSA) is 61.0 Å². The van der Waals surface area contributed by atoms with Gasteiger partial charge in [-0.15, -0.1) is 0 Å². The monoisotopic (exact) mass is 307 g/mol. The number of ether oxygens (including phenoxy) is 1. The van der Waals surface area contributed by atoms with Crippen molar-refractivity contribution >= 4 is 17.7 Å². The zero-order valence-electron chi connectivity index (χ0n) is 12.8. The van der Waals surface area contributed by atoms with Crippen LogP contribution >= 0.6 is 11.8 Å². The highest BCUT2D eigenvalue weighted by atomic mass is 32.2. The molecule has 1 aromatic heterocycles. The van der Waals surface area contributed by atoms with E-state index in [1.807, 2.05) is 18.0 Å². The minimum Gasteiger partial charge on any atom is -0.474 e. The van der Waals surface area contributed by atoms with Gasteiger partial charge >= 0.3 is 0 Å². The second kappa shape index (κ2) is 6.86. The number of nitrogen functional groups attached to an aromatic ring is 1. The molecule has 3 rings (SSSR count). The fourth-order valence-corrected chi connectivity index (χ4v) is 4.35. The Labute approximate surface area is 131 Å². The summed E-state index contributed by atoms with van der Waals surface area (Å²) in [4.78, 5) is 8.61. The third-order valence-electron chi connectivity index (χ3n) is 4.70. The van der Waals surface area contributed by atoms with Crippen molar-refractivity contribution in [3.8, 4) is 5.88 Å². The number of nitrogens with zero attached hydrogens (tertiary/aromatic N) is 2. The standard InChI is InChI=1S/C16H25N3OS/c1-11-2-4-12(5-3-11)14-10-18-16(17)19-15(14)20-13-6-8-21-9-7-13/h10-13H,2-9H2,1H3,(H2,17,18,19). The van der Waals surface area contributed by atoms with E-state index < -0.39 is 0 Å². The Morgan fingerprint density at radius 3 is 2.57 bits per heavy atom. The van der Waals surface area contributed by atoms with E-state index in [9.17, 15) is 0 Å². The van der Waals surface area contributed by atoms with Gasteiger partial charge in [0.1, 0.15) is 6.10 Å². The average Bonchev–Trinajstić information content (AvgIpc) is 2.50. The largest absolute Gasteiger partial charge is 0.474 e. The molecule has 0 bridgehead atoms. The molecule has 0 aromatic carbocycles. The van der Waals surface area contributed by atoms with Crippen LogP contribution in [0.25, 0.3) is 0 Å². The zero-order valence-corrected chi connectivity index (χ0v) is 13.6. The molecule has 1 saturated carbocycles. The van der Waals surface area contributed by atoms with Gasteiger partial charge in [0.2, 0.25) is 11.8 Å². The Morgan fingerprint density at radius 1 is 1.14 bits per heavy atom. The number of hydrogen-bond acceptors (Lipinski definition) is 5. The van der Waals surface area contributed by atoms with Crippen LogP contribution in [0, 0.1) is 5.92 Å². The summed E-state index contributed by atoms with van der Waals surface area (Å²) < 4.78 is 6.20. The van der Waals surface area contributed by atoms with E-state index >= 15 is 0 Å². The molecule has 5 heteroatoms. The van der Waals surface area contributed by atoms with Crippen molar-refractivity contribution in [3.63, 3.8) is 0 Å². The van der Waals surface area contributed by atoms with Gasteiger partial charge in [0.05, 0.1) is 0 Å². The van der Waals surface area contributed by atoms with Crippen LogP contribution in [0.3, 0.4) is 0 Å². The van der Waals surface area contributed by atoms with E-state index in [2.05, 4.69) is 16.9 Å². The van der Waals surface area contributed by atoms with Crippen LogP contribution < -0.4 is 10.5 Å². The molecule has 116 valence electrons. The van der Waals surface area contributed by atoms with Crippen molar-refractivity contribution in [2.45, 2.75) is 57.5 Å². The highest BCUT2D eigenvalue weighted by Crippen LogP contribution is 2.39. The molecule has 0 atom stereocenters. The molecule has 0 amide bonds. The lowest BCUT2D eigenvalue weighted by Gasteiger charge is -2.29. The van der Waals surface area contributed by atoms with Crippen LogP contribution in [0.5, 0.6) is 5.88 Å². The normalized spacial score (nSPS) is 27.5. The molecule has 21 heavy (non-hydrogen) atoms. The number of anilines is 1. The van der Waals surface area contributed by atoms with Gasteiger partial charge in [-0.05, 0) is 49.0 Å². The van der Waals surface area contributed by atoms with Crippen molar-refractivity contribution in [1.29, 1.82) is 0 Å². The quantitative estimate of drug-likeness (QED) is 0.924. The maximum atomic E-state index is 6.20. The lowest BCUT2D eigenvalue weighted by molar-refractivity contribution is 0.180. The van der Waals surface area contributed by atoms with Crippen LogP contribution in [0.1, 0.15) is 56.9 Å². The van der Waals surface area contributed by atoms with Gasteiger partial charge in [0.15, 0.2) is 0 Å². The summed E-state index contributed by atoms with van der Waals surface area (Å²) in [5, 5.41) is 0. The fourth-order valence-electron chi connectivity index (χ4n) is 3.29. The highest BCUT2D eigenvalue weighted by Gasteiger charge is 2.25. The predicted molar refractivity (Wildman–Crippen MR) is 87.8 cm³/mol. The molecular weight excluding hydrogens is 282 g/mol. The molecule has 1 aliphatic carbocycles. The number of hydrogen-bond donors (Lipinski definition) is 1. The maximum Gasteiger partial charge on any atom is 0.223 e. The van der Waals surface area contributed by atoms with Gasteiger partial charge in [0.25, 0.3) is 0 Å². The molecule has 1 aromatic rings. The first-order valence-electron chi connectivity index (χ1n) is 8.09. The van der Waals surface area contributed by atoms with Crippen molar-refractivity contribution in [1.82, 2.24) is 9.97 Å². The number of nitrogens with two attached hydrogens (primary N) is 1. The van der Waals surface area contributed by atoms with Crippen LogP contribution in [-0.4, -0.2) is 27.6 Å². The van der Waals surface area contributed by atoms with Crippen molar-refractivity contribution in [3.05, 3.63) is 11.8 Å². The Morgan fingerprint density at radius 2 is 1.86 bits per heavy atom. The van der Waals surface area contributed by atoms with Gasteiger partial charge in [-0.3, -0.25) is 0 Å². The molecule has 2 aliphatic rings. The summed E-state index contributed by atoms with van der Waals surface area (Å²) in [5.41, 5.74) is 6.95. The first-order valence-corrected chi connectivity index (χ1v) is 9.24. The smallest absolute Gasteiger partial charge is 0.223 e. The third kappa shape index (κ3) is 3.82. The second-order valence-electron chi connectivity index (χ2n) is 6.38. The molecule has 2 N–H and O–H groups in total. The Bertz CT molecular complexity index is 469. The predicted octanol–water partition coefficient (Wildman–Crippen LogP) is 3.63. The van der Waals surface area contributed by atoms with Crippen LogP contribution in [-0.2, 0) is 0 Å². The Kier molecular flexibility index (Phi) is 4.88. The molecule has 1 saturated heterocycles. The first-order chi connectivity index (χ1) is 10.2. The van der Waals surface area contributed by atoms with E-state index in [0.29, 0.717) is 18.0 Å². The van der Waals surface area contributed by atoms with E-state index in [1.165, 1.54) is 42.8 Å². The van der Waals surface area contributed by atoms with Crippen LogP contribution in [0.15, 0.2) is 6.20 Å². The maximum absolute atomic E-state index is 6.20. The van der Waals surface area contributed by atoms with Crippen molar-refractivity contribution in [2.24, 2.45) is 5.92 Å². The van der Waals surface area contributed by atoms with Gasteiger partial charge < -0.3 is 10.5 Å². The number of aromatic nitrogens is 2. The van der Waals surface area contributed by atoms with E-state index in [-0.39, 0.29) is 0 Å². The van der Waals surface area contributed by atoms with Gasteiger partial charge in [-0.2, -0.15) is 16.7 Å². The Balaban J connectivity index is 1.76. The molecular formula is C16H25N3OS. The molecule has 0 radical (unpaired) electrons. The summed E-state index contributed by atoms with van der Waals surface area (Å²) in [6.07, 6.45) is 9.41. The van der Waals surface area contributed by atoms with Gasteiger partial charge in [-0.25, -0.2) is 4.98 Å². The lowest BCUT2D eigenvalue weighted by Crippen LogP contribution is -2.24. The lowest BCUT2D eigenvalue weighted by atomic mass is 9.80. The molecule has 0 spiro atoms. The first kappa shape index (κ1) is 14.9. The third-order valence-corrected chi connectivity index (χ3v) is 5.75. The van der Waals surface area contributed by atoms with Crippen LogP contribution in [0.4, 0.5) is 5.95 Å². The highest BCUT2D eigenvalue weighted by molar-refractivity contribution is 7.99. The SMILES string of the molecule is CC1CCC(c2cnc(N)nc2OC2CCSCC2)CC1. The average molecular weight is 307 g/mol. The van der Waals surface area contributed by atoms with E-state index in [4.69, 9.17) is 10.5 Å². The van der Waals surface area contributed by atoms with Gasteiger partial charge in [-0.1, -0.05) is 19.8 Å². The number of thioether (sulfide) groups is 1. The Hall–Kier alpha value is -0.970. The molecule has 2 fully saturated rings. The molecule has 1 aliphatic heterocycles. The fraction of sp³-hybridized carbons (Fsp3) is 0.750. The molecule has 0 unspecified atom stereocenters. The van der Waals surface area contributed by atoms with Crippen molar-refractivity contribution < 1.29 is 4.74 Å². The minimum atomic E-state index is 0.293. The zero-order chi connectivity index (χ0) is 14.7. The number of rotatable bonds is 3. The summed E-state index contributed by atoms with van der Waals surface area (Å²) in [6.45, 7) is 2.34. The van der Waals surface area contributed by atoms with Crippen molar-refractivity contribution in [2.75, 3.05) is 17.2 Å². The van der Waals surface area contributed by atoms with Gasteiger partial charge in [0, 0.05) is 11.8 Å². The summed E-state index contributed by atoms with van der Waals surface area (Å²) in [5.74, 6) is 4.82. The van der Waals surface area contributed by atoms with Crippen LogP contribution in [0.2, 0.25) is 0 Å². The molecule has 4 nitrogen and oxygen atoms in total. The summed E-state index contributed by atoms with van der Waals surface area (Å²) in [6, 6.07) is 0. The van der Waals surface area contributed by atoms with E-state index in [0.717, 1.165) is 24.6 Å². The molecule has 2 heterocycles. The summed E-state index contributed by atoms with van der Waals surface area (Å²) >= 11 is 2.01. The van der Waals surface area contributed by atoms with E-state index in [1.54, 1.807) is 0 Å². The second-order valence-corrected chi connectivity index (χ2v) is 7.60.